The van der Waals surface area contributed by atoms with Crippen LogP contribution in [0.2, 0.25) is 0 Å². The molecule has 0 radical (unpaired) electrons. The van der Waals surface area contributed by atoms with Crippen molar-refractivity contribution in [1.82, 2.24) is 5.32 Å². The first kappa shape index (κ1) is 9.75. The Morgan fingerprint density at radius 2 is 2.33 bits per heavy atom. The average molecular weight is 169 g/mol. The van der Waals surface area contributed by atoms with E-state index in [2.05, 4.69) is 18.8 Å². The number of ether oxygens (including phenoxy) is 1. The van der Waals surface area contributed by atoms with Gasteiger partial charge in [-0.3, -0.25) is 0 Å². The number of nitrogens with one attached hydrogen (secondary N) is 1. The molecule has 1 heterocycles. The van der Waals surface area contributed by atoms with Crippen molar-refractivity contribution in [3.63, 3.8) is 0 Å². The Bertz CT molecular complexity index is 156. The molecular weight excluding hydrogens is 150 g/mol. The molecule has 1 saturated heterocycles. The van der Waals surface area contributed by atoms with Crippen molar-refractivity contribution in [3.05, 3.63) is 12.2 Å². The normalized spacial score (nSPS) is 29.2. The maximum atomic E-state index is 5.65. The first-order valence-corrected chi connectivity index (χ1v) is 4.69. The van der Waals surface area contributed by atoms with Crippen LogP contribution in [-0.4, -0.2) is 25.3 Å². The van der Waals surface area contributed by atoms with Crippen molar-refractivity contribution in [2.75, 3.05) is 13.1 Å². The van der Waals surface area contributed by atoms with Crippen molar-refractivity contribution in [3.8, 4) is 0 Å². The molecule has 0 aromatic rings. The Hall–Kier alpha value is -0.340. The van der Waals surface area contributed by atoms with E-state index < -0.39 is 0 Å². The third-order valence-electron chi connectivity index (χ3n) is 2.12. The predicted octanol–water partition coefficient (Wildman–Crippen LogP) is 1.72. The summed E-state index contributed by atoms with van der Waals surface area (Å²) in [6, 6.07) is 0. The third kappa shape index (κ3) is 3.37. The van der Waals surface area contributed by atoms with Gasteiger partial charge in [-0.15, -0.1) is 0 Å². The van der Waals surface area contributed by atoms with E-state index in [0.717, 1.165) is 13.1 Å². The minimum absolute atomic E-state index is 0.430. The van der Waals surface area contributed by atoms with Crippen LogP contribution in [0.1, 0.15) is 26.7 Å². The molecule has 1 aliphatic heterocycles. The van der Waals surface area contributed by atoms with Gasteiger partial charge in [0, 0.05) is 13.1 Å². The van der Waals surface area contributed by atoms with Gasteiger partial charge in [0.1, 0.15) is 0 Å². The quantitative estimate of drug-likeness (QED) is 0.647. The molecule has 12 heavy (non-hydrogen) atoms. The Kier molecular flexibility index (Phi) is 3.76. The summed E-state index contributed by atoms with van der Waals surface area (Å²) < 4.78 is 5.65. The zero-order valence-corrected chi connectivity index (χ0v) is 8.10. The third-order valence-corrected chi connectivity index (χ3v) is 2.12. The van der Waals surface area contributed by atoms with Gasteiger partial charge in [-0.05, 0) is 26.7 Å². The summed E-state index contributed by atoms with van der Waals surface area (Å²) in [6.45, 7) is 9.88. The zero-order chi connectivity index (χ0) is 8.97. The van der Waals surface area contributed by atoms with E-state index in [-0.39, 0.29) is 0 Å². The fourth-order valence-electron chi connectivity index (χ4n) is 1.48. The topological polar surface area (TPSA) is 21.3 Å². The first-order chi connectivity index (χ1) is 5.68. The molecule has 1 rings (SSSR count). The minimum Gasteiger partial charge on any atom is -0.374 e. The summed E-state index contributed by atoms with van der Waals surface area (Å²) in [7, 11) is 0. The lowest BCUT2D eigenvalue weighted by Crippen LogP contribution is -2.27. The summed E-state index contributed by atoms with van der Waals surface area (Å²) in [6.07, 6.45) is 3.30. The lowest BCUT2D eigenvalue weighted by atomic mass is 10.2. The monoisotopic (exact) mass is 169 g/mol. The van der Waals surface area contributed by atoms with Gasteiger partial charge in [0.2, 0.25) is 0 Å². The summed E-state index contributed by atoms with van der Waals surface area (Å²) in [4.78, 5) is 0. The second-order valence-electron chi connectivity index (χ2n) is 3.73. The molecular formula is C10H19NO. The molecule has 0 aliphatic carbocycles. The Morgan fingerprint density at radius 3 is 2.83 bits per heavy atom. The average Bonchev–Trinajstić information content (AvgIpc) is 2.35. The second-order valence-corrected chi connectivity index (χ2v) is 3.73. The Morgan fingerprint density at radius 1 is 1.58 bits per heavy atom. The van der Waals surface area contributed by atoms with Crippen molar-refractivity contribution >= 4 is 0 Å². The number of hydrogen-bond donors (Lipinski definition) is 1. The number of hydrogen-bond acceptors (Lipinski definition) is 2. The van der Waals surface area contributed by atoms with Gasteiger partial charge in [0.05, 0.1) is 12.2 Å². The molecule has 2 heteroatoms. The molecule has 0 spiro atoms. The molecule has 0 aromatic carbocycles. The molecule has 2 unspecified atom stereocenters. The van der Waals surface area contributed by atoms with Crippen LogP contribution < -0.4 is 5.32 Å². The predicted molar refractivity (Wildman–Crippen MR) is 51.3 cm³/mol. The fourth-order valence-corrected chi connectivity index (χ4v) is 1.48. The second kappa shape index (κ2) is 4.63. The Balaban J connectivity index is 2.04. The lowest BCUT2D eigenvalue weighted by Gasteiger charge is -2.11. The van der Waals surface area contributed by atoms with Crippen LogP contribution in [0.5, 0.6) is 0 Å². The molecule has 1 N–H and O–H groups in total. The van der Waals surface area contributed by atoms with Gasteiger partial charge >= 0.3 is 0 Å². The van der Waals surface area contributed by atoms with Crippen molar-refractivity contribution in [2.24, 2.45) is 0 Å². The SMILES string of the molecule is C=C(C)CNCC1CCC(C)O1. The van der Waals surface area contributed by atoms with Crippen molar-refractivity contribution in [1.29, 1.82) is 0 Å². The zero-order valence-electron chi connectivity index (χ0n) is 8.10. The van der Waals surface area contributed by atoms with E-state index in [0.29, 0.717) is 12.2 Å². The Labute approximate surface area is 75.0 Å². The summed E-state index contributed by atoms with van der Waals surface area (Å²) in [5.74, 6) is 0. The van der Waals surface area contributed by atoms with Gasteiger partial charge in [0.15, 0.2) is 0 Å². The summed E-state index contributed by atoms with van der Waals surface area (Å²) >= 11 is 0. The summed E-state index contributed by atoms with van der Waals surface area (Å²) in [5, 5.41) is 3.32. The van der Waals surface area contributed by atoms with E-state index in [4.69, 9.17) is 4.74 Å². The standard InChI is InChI=1S/C10H19NO/c1-8(2)6-11-7-10-5-4-9(3)12-10/h9-11H,1,4-7H2,2-3H3. The first-order valence-electron chi connectivity index (χ1n) is 4.69. The molecule has 2 atom stereocenters. The number of rotatable bonds is 4. The maximum Gasteiger partial charge on any atom is 0.0704 e. The van der Waals surface area contributed by atoms with E-state index in [1.165, 1.54) is 18.4 Å². The molecule has 0 aromatic heterocycles. The largest absolute Gasteiger partial charge is 0.374 e. The highest BCUT2D eigenvalue weighted by molar-refractivity contribution is 4.91. The van der Waals surface area contributed by atoms with Crippen molar-refractivity contribution < 1.29 is 4.74 Å². The van der Waals surface area contributed by atoms with E-state index in [9.17, 15) is 0 Å². The smallest absolute Gasteiger partial charge is 0.0704 e. The van der Waals surface area contributed by atoms with Gasteiger partial charge in [0.25, 0.3) is 0 Å². The molecule has 70 valence electrons. The van der Waals surface area contributed by atoms with Gasteiger partial charge < -0.3 is 10.1 Å². The van der Waals surface area contributed by atoms with Crippen LogP contribution in [-0.2, 0) is 4.74 Å². The molecule has 0 saturated carbocycles. The van der Waals surface area contributed by atoms with Crippen LogP contribution in [0, 0.1) is 0 Å². The van der Waals surface area contributed by atoms with Gasteiger partial charge in [-0.2, -0.15) is 0 Å². The van der Waals surface area contributed by atoms with Crippen LogP contribution in [0.3, 0.4) is 0 Å². The van der Waals surface area contributed by atoms with Crippen LogP contribution in [0.15, 0.2) is 12.2 Å². The van der Waals surface area contributed by atoms with Gasteiger partial charge in [-0.25, -0.2) is 0 Å². The highest BCUT2D eigenvalue weighted by Gasteiger charge is 2.20. The van der Waals surface area contributed by atoms with Gasteiger partial charge in [-0.1, -0.05) is 12.2 Å². The molecule has 1 aliphatic rings. The molecule has 0 bridgehead atoms. The minimum atomic E-state index is 0.430. The molecule has 0 amide bonds. The highest BCUT2D eigenvalue weighted by Crippen LogP contribution is 2.17. The van der Waals surface area contributed by atoms with E-state index in [1.807, 2.05) is 6.92 Å². The maximum absolute atomic E-state index is 5.65. The highest BCUT2D eigenvalue weighted by atomic mass is 16.5. The molecule has 1 fully saturated rings. The fraction of sp³-hybridized carbons (Fsp3) is 0.800. The van der Waals surface area contributed by atoms with E-state index >= 15 is 0 Å². The lowest BCUT2D eigenvalue weighted by molar-refractivity contribution is 0.0566. The van der Waals surface area contributed by atoms with Crippen LogP contribution in [0.4, 0.5) is 0 Å². The van der Waals surface area contributed by atoms with Crippen LogP contribution in [0.25, 0.3) is 0 Å². The van der Waals surface area contributed by atoms with Crippen LogP contribution >= 0.6 is 0 Å². The summed E-state index contributed by atoms with van der Waals surface area (Å²) in [5.41, 5.74) is 1.18. The molecule has 2 nitrogen and oxygen atoms in total. The van der Waals surface area contributed by atoms with E-state index in [1.54, 1.807) is 0 Å². The van der Waals surface area contributed by atoms with Crippen molar-refractivity contribution in [2.45, 2.75) is 38.9 Å².